The lowest BCUT2D eigenvalue weighted by Crippen LogP contribution is -1.83. The first-order chi connectivity index (χ1) is 5.86. The van der Waals surface area contributed by atoms with Gasteiger partial charge in [0.05, 0.1) is 6.26 Å². The summed E-state index contributed by atoms with van der Waals surface area (Å²) in [5.41, 5.74) is 0.694. The Morgan fingerprint density at radius 3 is 2.92 bits per heavy atom. The molecule has 2 aromatic heterocycles. The van der Waals surface area contributed by atoms with Gasteiger partial charge in [-0.05, 0) is 29.8 Å². The van der Waals surface area contributed by atoms with Crippen LogP contribution < -0.4 is 0 Å². The molecule has 0 aliphatic carbocycles. The summed E-state index contributed by atoms with van der Waals surface area (Å²) in [4.78, 5) is 7.74. The van der Waals surface area contributed by atoms with E-state index in [1.165, 1.54) is 0 Å². The average molecular weight is 181 g/mol. The van der Waals surface area contributed by atoms with Gasteiger partial charge in [0.1, 0.15) is 5.69 Å². The Morgan fingerprint density at radius 1 is 1.33 bits per heavy atom. The molecule has 60 valence electrons. The minimum Gasteiger partial charge on any atom is -0.463 e. The fourth-order valence-corrected chi connectivity index (χ4v) is 1.04. The van der Waals surface area contributed by atoms with Crippen molar-refractivity contribution in [2.24, 2.45) is 0 Å². The van der Waals surface area contributed by atoms with Gasteiger partial charge < -0.3 is 4.42 Å². The fraction of sp³-hybridized carbons (Fsp3) is 0. The Bertz CT molecular complexity index is 372. The third-order valence-electron chi connectivity index (χ3n) is 1.40. The van der Waals surface area contributed by atoms with Crippen LogP contribution in [-0.4, -0.2) is 9.97 Å². The highest BCUT2D eigenvalue weighted by molar-refractivity contribution is 6.28. The molecular formula is C8H5ClN2O. The first-order valence-electron chi connectivity index (χ1n) is 3.39. The molecule has 0 unspecified atom stereocenters. The zero-order chi connectivity index (χ0) is 8.39. The maximum Gasteiger partial charge on any atom is 0.222 e. The van der Waals surface area contributed by atoms with Crippen molar-refractivity contribution in [3.63, 3.8) is 0 Å². The molecule has 0 saturated carbocycles. The average Bonchev–Trinajstić information content (AvgIpc) is 2.56. The molecule has 0 radical (unpaired) electrons. The van der Waals surface area contributed by atoms with E-state index in [9.17, 15) is 0 Å². The monoisotopic (exact) mass is 180 g/mol. The summed E-state index contributed by atoms with van der Waals surface area (Å²) >= 11 is 5.60. The number of hydrogen-bond acceptors (Lipinski definition) is 3. The van der Waals surface area contributed by atoms with E-state index in [1.807, 2.05) is 6.07 Å². The van der Waals surface area contributed by atoms with Crippen molar-refractivity contribution in [2.45, 2.75) is 0 Å². The Morgan fingerprint density at radius 2 is 2.25 bits per heavy atom. The SMILES string of the molecule is Clc1nccc(-c2ccco2)n1. The molecule has 0 aromatic carbocycles. The standard InChI is InChI=1S/C8H5ClN2O/c9-8-10-4-3-6(11-8)7-2-1-5-12-7/h1-5H. The third kappa shape index (κ3) is 1.31. The minimum absolute atomic E-state index is 0.226. The maximum absolute atomic E-state index is 5.60. The van der Waals surface area contributed by atoms with Crippen molar-refractivity contribution in [3.8, 4) is 11.5 Å². The molecule has 0 atom stereocenters. The quantitative estimate of drug-likeness (QED) is 0.633. The zero-order valence-corrected chi connectivity index (χ0v) is 6.82. The van der Waals surface area contributed by atoms with E-state index in [4.69, 9.17) is 16.0 Å². The Balaban J connectivity index is 2.48. The number of rotatable bonds is 1. The molecule has 2 aromatic rings. The summed E-state index contributed by atoms with van der Waals surface area (Å²) in [5, 5.41) is 0.226. The molecular weight excluding hydrogens is 176 g/mol. The second-order valence-corrected chi connectivity index (χ2v) is 2.53. The van der Waals surface area contributed by atoms with Gasteiger partial charge in [0.2, 0.25) is 5.28 Å². The molecule has 3 nitrogen and oxygen atoms in total. The van der Waals surface area contributed by atoms with Gasteiger partial charge in [0, 0.05) is 6.20 Å². The van der Waals surface area contributed by atoms with Crippen LogP contribution >= 0.6 is 11.6 Å². The maximum atomic E-state index is 5.60. The lowest BCUT2D eigenvalue weighted by molar-refractivity contribution is 0.580. The molecule has 0 spiro atoms. The largest absolute Gasteiger partial charge is 0.463 e. The van der Waals surface area contributed by atoms with Crippen molar-refractivity contribution in [1.29, 1.82) is 0 Å². The van der Waals surface area contributed by atoms with Crippen molar-refractivity contribution in [3.05, 3.63) is 35.9 Å². The van der Waals surface area contributed by atoms with Crippen molar-refractivity contribution >= 4 is 11.6 Å². The van der Waals surface area contributed by atoms with Gasteiger partial charge in [-0.15, -0.1) is 0 Å². The molecule has 2 heterocycles. The van der Waals surface area contributed by atoms with Crippen LogP contribution in [0.2, 0.25) is 5.28 Å². The van der Waals surface area contributed by atoms with E-state index in [1.54, 1.807) is 24.6 Å². The zero-order valence-electron chi connectivity index (χ0n) is 6.07. The highest BCUT2D eigenvalue weighted by atomic mass is 35.5. The van der Waals surface area contributed by atoms with E-state index in [0.29, 0.717) is 11.5 Å². The Labute approximate surface area is 74.0 Å². The molecule has 0 N–H and O–H groups in total. The molecule has 0 amide bonds. The molecule has 4 heteroatoms. The van der Waals surface area contributed by atoms with Gasteiger partial charge >= 0.3 is 0 Å². The van der Waals surface area contributed by atoms with Crippen LogP contribution in [0.3, 0.4) is 0 Å². The van der Waals surface area contributed by atoms with E-state index >= 15 is 0 Å². The highest BCUT2D eigenvalue weighted by Crippen LogP contribution is 2.17. The van der Waals surface area contributed by atoms with E-state index < -0.39 is 0 Å². The molecule has 0 aliphatic heterocycles. The predicted octanol–water partition coefficient (Wildman–Crippen LogP) is 2.39. The topological polar surface area (TPSA) is 38.9 Å². The minimum atomic E-state index is 0.226. The summed E-state index contributed by atoms with van der Waals surface area (Å²) in [5.74, 6) is 0.694. The predicted molar refractivity (Wildman–Crippen MR) is 44.7 cm³/mol. The van der Waals surface area contributed by atoms with E-state index in [-0.39, 0.29) is 5.28 Å². The van der Waals surface area contributed by atoms with Gasteiger partial charge in [0.25, 0.3) is 0 Å². The number of furan rings is 1. The van der Waals surface area contributed by atoms with E-state index in [2.05, 4.69) is 9.97 Å². The molecule has 12 heavy (non-hydrogen) atoms. The number of aromatic nitrogens is 2. The van der Waals surface area contributed by atoms with Gasteiger partial charge in [0.15, 0.2) is 5.76 Å². The number of hydrogen-bond donors (Lipinski definition) is 0. The second-order valence-electron chi connectivity index (χ2n) is 2.19. The molecule has 0 fully saturated rings. The van der Waals surface area contributed by atoms with Crippen LogP contribution in [-0.2, 0) is 0 Å². The first kappa shape index (κ1) is 7.31. The van der Waals surface area contributed by atoms with Gasteiger partial charge in [-0.25, -0.2) is 9.97 Å². The second kappa shape index (κ2) is 2.95. The summed E-state index contributed by atoms with van der Waals surface area (Å²) in [6.45, 7) is 0. The normalized spacial score (nSPS) is 10.1. The lowest BCUT2D eigenvalue weighted by atomic mass is 10.3. The van der Waals surface area contributed by atoms with Crippen LogP contribution in [0.4, 0.5) is 0 Å². The molecule has 0 aliphatic rings. The summed E-state index contributed by atoms with van der Waals surface area (Å²) < 4.78 is 5.13. The van der Waals surface area contributed by atoms with Crippen LogP contribution in [0.25, 0.3) is 11.5 Å². The summed E-state index contributed by atoms with van der Waals surface area (Å²) in [6.07, 6.45) is 3.18. The van der Waals surface area contributed by atoms with Crippen LogP contribution in [0.5, 0.6) is 0 Å². The van der Waals surface area contributed by atoms with Crippen LogP contribution in [0.1, 0.15) is 0 Å². The van der Waals surface area contributed by atoms with Crippen molar-refractivity contribution < 1.29 is 4.42 Å². The Kier molecular flexibility index (Phi) is 1.80. The number of halogens is 1. The third-order valence-corrected chi connectivity index (χ3v) is 1.58. The van der Waals surface area contributed by atoms with Crippen molar-refractivity contribution in [2.75, 3.05) is 0 Å². The summed E-state index contributed by atoms with van der Waals surface area (Å²) in [6, 6.07) is 5.36. The molecule has 0 bridgehead atoms. The molecule has 0 saturated heterocycles. The van der Waals surface area contributed by atoms with Crippen LogP contribution in [0.15, 0.2) is 35.1 Å². The fourth-order valence-electron chi connectivity index (χ4n) is 0.896. The Hall–Kier alpha value is -1.35. The number of nitrogens with zero attached hydrogens (tertiary/aromatic N) is 2. The van der Waals surface area contributed by atoms with Crippen molar-refractivity contribution in [1.82, 2.24) is 9.97 Å². The van der Waals surface area contributed by atoms with Crippen LogP contribution in [0, 0.1) is 0 Å². The van der Waals surface area contributed by atoms with Gasteiger partial charge in [-0.2, -0.15) is 0 Å². The smallest absolute Gasteiger partial charge is 0.222 e. The first-order valence-corrected chi connectivity index (χ1v) is 3.76. The van der Waals surface area contributed by atoms with E-state index in [0.717, 1.165) is 0 Å². The highest BCUT2D eigenvalue weighted by Gasteiger charge is 2.01. The summed E-state index contributed by atoms with van der Waals surface area (Å²) in [7, 11) is 0. The van der Waals surface area contributed by atoms with Gasteiger partial charge in [-0.1, -0.05) is 0 Å². The molecule has 2 rings (SSSR count). The van der Waals surface area contributed by atoms with Gasteiger partial charge in [-0.3, -0.25) is 0 Å². The lowest BCUT2D eigenvalue weighted by Gasteiger charge is -1.93.